The minimum atomic E-state index is -3.92. The fraction of sp³-hybridized carbons (Fsp3) is 0.294. The molecule has 1 saturated heterocycles. The van der Waals surface area contributed by atoms with Gasteiger partial charge < -0.3 is 10.1 Å². The molecule has 11 heteroatoms. The zero-order valence-corrected chi connectivity index (χ0v) is 17.0. The molecule has 28 heavy (non-hydrogen) atoms. The lowest BCUT2D eigenvalue weighted by Gasteiger charge is -2.16. The number of amides is 1. The van der Waals surface area contributed by atoms with E-state index in [0.717, 1.165) is 0 Å². The van der Waals surface area contributed by atoms with Crippen LogP contribution in [0.25, 0.3) is 0 Å². The summed E-state index contributed by atoms with van der Waals surface area (Å²) in [4.78, 5) is 21.8. The Morgan fingerprint density at radius 3 is 2.43 bits per heavy atom. The lowest BCUT2D eigenvalue weighted by Crippen LogP contribution is -2.34. The summed E-state index contributed by atoms with van der Waals surface area (Å²) in [7, 11) is -2.56. The number of anilines is 2. The fourth-order valence-corrected chi connectivity index (χ4v) is 4.03. The van der Waals surface area contributed by atoms with Crippen molar-refractivity contribution in [3.63, 3.8) is 0 Å². The molecule has 0 radical (unpaired) electrons. The molecule has 3 rings (SSSR count). The molecule has 0 unspecified atom stereocenters. The normalized spacial score (nSPS) is 17.0. The smallest absolute Gasteiger partial charge is 0.263 e. The van der Waals surface area contributed by atoms with Gasteiger partial charge in [-0.2, -0.15) is 0 Å². The first-order valence-corrected chi connectivity index (χ1v) is 10.3. The highest BCUT2D eigenvalue weighted by atomic mass is 32.2. The predicted octanol–water partition coefficient (Wildman–Crippen LogP) is 1.53. The van der Waals surface area contributed by atoms with Gasteiger partial charge in [-0.15, -0.1) is 0 Å². The Morgan fingerprint density at radius 1 is 1.21 bits per heavy atom. The standard InChI is InChI=1S/C17H19N5O4S2/c1-10(2)13-16(23)22(17(27)20-13)11-4-6-12(7-5-11)28(24,25)21-14-15(26-3)19-9-8-18-14/h4-10,13H,1-3H3,(H,18,21)(H,20,27)/t13-/m1/s1. The number of carbonyl (C=O) groups is 1. The maximum absolute atomic E-state index is 12.6. The van der Waals surface area contributed by atoms with Gasteiger partial charge >= 0.3 is 0 Å². The molecule has 9 nitrogen and oxygen atoms in total. The summed E-state index contributed by atoms with van der Waals surface area (Å²) in [5.74, 6) is -0.0604. The lowest BCUT2D eigenvalue weighted by atomic mass is 10.0. The molecule has 1 aliphatic rings. The van der Waals surface area contributed by atoms with E-state index in [2.05, 4.69) is 20.0 Å². The Balaban J connectivity index is 1.84. The van der Waals surface area contributed by atoms with E-state index in [9.17, 15) is 13.2 Å². The van der Waals surface area contributed by atoms with E-state index < -0.39 is 16.1 Å². The van der Waals surface area contributed by atoms with E-state index in [-0.39, 0.29) is 28.4 Å². The predicted molar refractivity (Wildman–Crippen MR) is 108 cm³/mol. The van der Waals surface area contributed by atoms with Crippen molar-refractivity contribution in [2.75, 3.05) is 16.7 Å². The number of nitrogens with zero attached hydrogens (tertiary/aromatic N) is 3. The zero-order valence-electron chi connectivity index (χ0n) is 15.4. The summed E-state index contributed by atoms with van der Waals surface area (Å²) in [6.07, 6.45) is 2.74. The third kappa shape index (κ3) is 3.76. The summed E-state index contributed by atoms with van der Waals surface area (Å²) in [5, 5.41) is 3.28. The van der Waals surface area contributed by atoms with Crippen LogP contribution in [0, 0.1) is 5.92 Å². The van der Waals surface area contributed by atoms with Crippen LogP contribution >= 0.6 is 12.2 Å². The van der Waals surface area contributed by atoms with E-state index in [4.69, 9.17) is 17.0 Å². The first-order valence-electron chi connectivity index (χ1n) is 8.37. The average molecular weight is 422 g/mol. The van der Waals surface area contributed by atoms with Gasteiger partial charge in [-0.05, 0) is 42.4 Å². The molecule has 0 aliphatic carbocycles. The second kappa shape index (κ2) is 7.68. The minimum Gasteiger partial charge on any atom is -0.478 e. The number of sulfonamides is 1. The van der Waals surface area contributed by atoms with Crippen molar-refractivity contribution in [1.29, 1.82) is 0 Å². The number of aromatic nitrogens is 2. The molecule has 0 spiro atoms. The maximum atomic E-state index is 12.6. The number of hydrogen-bond acceptors (Lipinski definition) is 7. The Hall–Kier alpha value is -2.79. The fourth-order valence-electron chi connectivity index (χ4n) is 2.70. The van der Waals surface area contributed by atoms with Gasteiger partial charge in [0.1, 0.15) is 6.04 Å². The molecule has 1 atom stereocenters. The maximum Gasteiger partial charge on any atom is 0.263 e. The number of ether oxygens (including phenoxy) is 1. The Morgan fingerprint density at radius 2 is 1.86 bits per heavy atom. The Kier molecular flexibility index (Phi) is 5.47. The third-order valence-electron chi connectivity index (χ3n) is 4.13. The summed E-state index contributed by atoms with van der Waals surface area (Å²) < 4.78 is 32.6. The van der Waals surface area contributed by atoms with Crippen molar-refractivity contribution in [2.24, 2.45) is 5.92 Å². The second-order valence-corrected chi connectivity index (χ2v) is 8.43. The van der Waals surface area contributed by atoms with Crippen LogP contribution in [0.15, 0.2) is 41.6 Å². The van der Waals surface area contributed by atoms with Crippen LogP contribution in [0.5, 0.6) is 5.88 Å². The van der Waals surface area contributed by atoms with Gasteiger partial charge in [-0.3, -0.25) is 14.4 Å². The summed E-state index contributed by atoms with van der Waals surface area (Å²) in [5.41, 5.74) is 0.488. The van der Waals surface area contributed by atoms with Crippen LogP contribution in [0.3, 0.4) is 0 Å². The van der Waals surface area contributed by atoms with Crippen LogP contribution in [0.4, 0.5) is 11.5 Å². The van der Waals surface area contributed by atoms with Crippen LogP contribution < -0.4 is 19.7 Å². The third-order valence-corrected chi connectivity index (χ3v) is 5.78. The molecule has 0 saturated carbocycles. The van der Waals surface area contributed by atoms with Crippen LogP contribution in [-0.4, -0.2) is 42.6 Å². The molecule has 1 aliphatic heterocycles. The van der Waals surface area contributed by atoms with Crippen molar-refractivity contribution >= 4 is 44.8 Å². The first-order chi connectivity index (χ1) is 13.2. The summed E-state index contributed by atoms with van der Waals surface area (Å²) in [6.45, 7) is 3.84. The molecule has 1 amide bonds. The largest absolute Gasteiger partial charge is 0.478 e. The molecule has 1 aromatic heterocycles. The highest BCUT2D eigenvalue weighted by molar-refractivity contribution is 7.92. The molecule has 0 bridgehead atoms. The second-order valence-electron chi connectivity index (χ2n) is 6.36. The Labute approximate surface area is 168 Å². The number of rotatable bonds is 6. The van der Waals surface area contributed by atoms with Gasteiger partial charge in [0.25, 0.3) is 21.8 Å². The van der Waals surface area contributed by atoms with Crippen LogP contribution in [0.2, 0.25) is 0 Å². The highest BCUT2D eigenvalue weighted by Crippen LogP contribution is 2.26. The van der Waals surface area contributed by atoms with Crippen molar-refractivity contribution < 1.29 is 17.9 Å². The SMILES string of the molecule is COc1nccnc1NS(=O)(=O)c1ccc(N2C(=O)[C@@H](C(C)C)NC2=S)cc1. The van der Waals surface area contributed by atoms with E-state index in [1.54, 1.807) is 0 Å². The Bertz CT molecular complexity index is 1010. The molecular weight excluding hydrogens is 402 g/mol. The first kappa shape index (κ1) is 20.0. The van der Waals surface area contributed by atoms with Crippen LogP contribution in [-0.2, 0) is 14.8 Å². The van der Waals surface area contributed by atoms with Crippen molar-refractivity contribution in [3.8, 4) is 5.88 Å². The monoisotopic (exact) mass is 421 g/mol. The van der Waals surface area contributed by atoms with E-state index in [1.165, 1.54) is 48.7 Å². The number of carbonyl (C=O) groups excluding carboxylic acids is 1. The number of thiocarbonyl (C=S) groups is 1. The van der Waals surface area contributed by atoms with Gasteiger partial charge in [0.15, 0.2) is 5.11 Å². The molecular formula is C17H19N5O4S2. The van der Waals surface area contributed by atoms with Gasteiger partial charge in [0.2, 0.25) is 5.82 Å². The average Bonchev–Trinajstić information content (AvgIpc) is 2.96. The molecule has 1 fully saturated rings. The van der Waals surface area contributed by atoms with E-state index >= 15 is 0 Å². The number of methoxy groups -OCH3 is 1. The molecule has 2 heterocycles. The van der Waals surface area contributed by atoms with E-state index in [0.29, 0.717) is 10.8 Å². The zero-order chi connectivity index (χ0) is 20.5. The molecule has 1 aromatic carbocycles. The quantitative estimate of drug-likeness (QED) is 0.675. The lowest BCUT2D eigenvalue weighted by molar-refractivity contribution is -0.119. The van der Waals surface area contributed by atoms with Gasteiger partial charge in [0, 0.05) is 12.4 Å². The molecule has 2 N–H and O–H groups in total. The van der Waals surface area contributed by atoms with Crippen molar-refractivity contribution in [1.82, 2.24) is 15.3 Å². The minimum absolute atomic E-state index is 0.00473. The van der Waals surface area contributed by atoms with E-state index in [1.807, 2.05) is 13.8 Å². The van der Waals surface area contributed by atoms with Crippen LogP contribution in [0.1, 0.15) is 13.8 Å². The van der Waals surface area contributed by atoms with Crippen molar-refractivity contribution in [3.05, 3.63) is 36.7 Å². The number of hydrogen-bond donors (Lipinski definition) is 2. The molecule has 148 valence electrons. The molecule has 2 aromatic rings. The number of nitrogens with one attached hydrogen (secondary N) is 2. The topological polar surface area (TPSA) is 114 Å². The highest BCUT2D eigenvalue weighted by Gasteiger charge is 2.38. The van der Waals surface area contributed by atoms with Gasteiger partial charge in [0.05, 0.1) is 17.7 Å². The summed E-state index contributed by atoms with van der Waals surface area (Å²) in [6, 6.07) is 5.42. The number of benzene rings is 1. The van der Waals surface area contributed by atoms with Crippen molar-refractivity contribution in [2.45, 2.75) is 24.8 Å². The summed E-state index contributed by atoms with van der Waals surface area (Å²) >= 11 is 5.25. The van der Waals surface area contributed by atoms with Gasteiger partial charge in [-0.25, -0.2) is 18.4 Å². The van der Waals surface area contributed by atoms with Gasteiger partial charge in [-0.1, -0.05) is 13.8 Å².